The largest absolute Gasteiger partial charge is 0.192 e. The highest BCUT2D eigenvalue weighted by Crippen LogP contribution is 2.45. The van der Waals surface area contributed by atoms with Crippen molar-refractivity contribution in [3.63, 3.8) is 0 Å². The van der Waals surface area contributed by atoms with Gasteiger partial charge in [-0.05, 0) is 87.0 Å². The van der Waals surface area contributed by atoms with Gasteiger partial charge in [-0.1, -0.05) is 133 Å². The molecule has 0 amide bonds. The lowest BCUT2D eigenvalue weighted by Crippen LogP contribution is -1.94. The normalized spacial score (nSPS) is 11.4. The van der Waals surface area contributed by atoms with Crippen LogP contribution >= 0.6 is 22.7 Å². The van der Waals surface area contributed by atoms with Crippen LogP contribution < -0.4 is 0 Å². The first-order valence-electron chi connectivity index (χ1n) is 17.4. The van der Waals surface area contributed by atoms with Gasteiger partial charge >= 0.3 is 0 Å². The fraction of sp³-hybridized carbons (Fsp3) is 0. The smallest absolute Gasteiger partial charge is 0.100 e. The van der Waals surface area contributed by atoms with Crippen molar-refractivity contribution in [1.82, 2.24) is 0 Å². The first-order valence-corrected chi connectivity index (χ1v) is 19.0. The molecular formula is C49H29NS2. The minimum absolute atomic E-state index is 0.679. The van der Waals surface area contributed by atoms with Crippen molar-refractivity contribution < 1.29 is 0 Å². The highest BCUT2D eigenvalue weighted by atomic mass is 32.1. The average molecular weight is 696 g/mol. The Bertz CT molecular complexity index is 3020. The number of hydrogen-bond donors (Lipinski definition) is 0. The SMILES string of the molecule is N#Cc1c(-c2ccc3sc4c(-c5ccccc5)cccc4c3c2)cc(-c2ccc3sc4ccccc4c3c2)cc1-c1ccccc1-c1ccccc1. The second-order valence-electron chi connectivity index (χ2n) is 13.1. The molecular weight excluding hydrogens is 667 g/mol. The van der Waals surface area contributed by atoms with Gasteiger partial charge in [-0.3, -0.25) is 0 Å². The summed E-state index contributed by atoms with van der Waals surface area (Å²) in [4.78, 5) is 0. The molecule has 52 heavy (non-hydrogen) atoms. The van der Waals surface area contributed by atoms with Crippen molar-refractivity contribution in [2.75, 3.05) is 0 Å². The number of benzene rings is 8. The van der Waals surface area contributed by atoms with Gasteiger partial charge < -0.3 is 0 Å². The van der Waals surface area contributed by atoms with Crippen LogP contribution in [0.4, 0.5) is 0 Å². The Kier molecular flexibility index (Phi) is 7.32. The molecule has 3 heteroatoms. The predicted molar refractivity (Wildman–Crippen MR) is 224 cm³/mol. The molecule has 0 saturated heterocycles. The number of hydrogen-bond acceptors (Lipinski definition) is 3. The maximum atomic E-state index is 11.0. The lowest BCUT2D eigenvalue weighted by atomic mass is 9.85. The number of nitriles is 1. The standard InChI is InChI=1S/C49H29NS2/c50-30-45-41(34-23-25-48-44(27-34)40-20-11-19-37(49(40)52-48)32-14-5-2-6-15-32)28-35(33-22-24-47-43(26-33)39-18-9-10-21-46(39)51-47)29-42(45)38-17-8-7-16-36(38)31-12-3-1-4-13-31/h1-29H. The molecule has 8 aromatic carbocycles. The topological polar surface area (TPSA) is 23.8 Å². The molecule has 0 saturated carbocycles. The summed E-state index contributed by atoms with van der Waals surface area (Å²) in [7, 11) is 0. The van der Waals surface area contributed by atoms with Crippen LogP contribution in [0.2, 0.25) is 0 Å². The molecule has 0 bridgehead atoms. The quantitative estimate of drug-likeness (QED) is 0.176. The number of nitrogens with zero attached hydrogens (tertiary/aromatic N) is 1. The molecule has 0 unspecified atom stereocenters. The zero-order chi connectivity index (χ0) is 34.6. The van der Waals surface area contributed by atoms with E-state index in [9.17, 15) is 5.26 Å². The molecule has 0 aliphatic carbocycles. The highest BCUT2D eigenvalue weighted by Gasteiger charge is 2.20. The van der Waals surface area contributed by atoms with Crippen molar-refractivity contribution in [2.24, 2.45) is 0 Å². The summed E-state index contributed by atoms with van der Waals surface area (Å²) in [5.74, 6) is 0. The third-order valence-corrected chi connectivity index (χ3v) is 12.5. The number of thiophene rings is 2. The van der Waals surface area contributed by atoms with E-state index < -0.39 is 0 Å². The van der Waals surface area contributed by atoms with E-state index in [1.165, 1.54) is 51.5 Å². The molecule has 0 spiro atoms. The second kappa shape index (κ2) is 12.5. The molecule has 0 atom stereocenters. The van der Waals surface area contributed by atoms with Gasteiger partial charge in [0, 0.05) is 51.5 Å². The highest BCUT2D eigenvalue weighted by molar-refractivity contribution is 7.26. The maximum Gasteiger partial charge on any atom is 0.100 e. The van der Waals surface area contributed by atoms with Crippen LogP contribution in [0.1, 0.15) is 5.56 Å². The average Bonchev–Trinajstić information content (AvgIpc) is 3.79. The lowest BCUT2D eigenvalue weighted by molar-refractivity contribution is 1.47. The summed E-state index contributed by atoms with van der Waals surface area (Å²) in [6.45, 7) is 0. The fourth-order valence-electron chi connectivity index (χ4n) is 7.67. The molecule has 0 N–H and O–H groups in total. The van der Waals surface area contributed by atoms with E-state index in [0.29, 0.717) is 5.56 Å². The van der Waals surface area contributed by atoms with Crippen LogP contribution in [0.5, 0.6) is 0 Å². The third kappa shape index (κ3) is 5.04. The summed E-state index contributed by atoms with van der Waals surface area (Å²) in [6, 6.07) is 65.5. The van der Waals surface area contributed by atoms with Crippen LogP contribution in [0, 0.1) is 11.3 Å². The van der Waals surface area contributed by atoms with Gasteiger partial charge in [0.1, 0.15) is 6.07 Å². The van der Waals surface area contributed by atoms with Crippen LogP contribution in [0.3, 0.4) is 0 Å². The monoisotopic (exact) mass is 695 g/mol. The Hall–Kier alpha value is -6.31. The van der Waals surface area contributed by atoms with Crippen molar-refractivity contribution in [3.05, 3.63) is 181 Å². The molecule has 2 aromatic heterocycles. The van der Waals surface area contributed by atoms with Gasteiger partial charge in [0.25, 0.3) is 0 Å². The summed E-state index contributed by atoms with van der Waals surface area (Å²) in [5, 5.41) is 16.0. The minimum atomic E-state index is 0.679. The summed E-state index contributed by atoms with van der Waals surface area (Å²) in [6.07, 6.45) is 0. The molecule has 242 valence electrons. The molecule has 0 aliphatic rings. The summed E-state index contributed by atoms with van der Waals surface area (Å²) < 4.78 is 5.09. The summed E-state index contributed by atoms with van der Waals surface area (Å²) >= 11 is 3.67. The van der Waals surface area contributed by atoms with E-state index in [0.717, 1.165) is 44.5 Å². The Balaban J connectivity index is 1.23. The number of fused-ring (bicyclic) bond motifs is 6. The minimum Gasteiger partial charge on any atom is -0.192 e. The van der Waals surface area contributed by atoms with Crippen LogP contribution in [-0.4, -0.2) is 0 Å². The first-order chi connectivity index (χ1) is 25.7. The van der Waals surface area contributed by atoms with Crippen LogP contribution in [0.25, 0.3) is 96.0 Å². The zero-order valence-electron chi connectivity index (χ0n) is 28.0. The van der Waals surface area contributed by atoms with E-state index in [4.69, 9.17) is 0 Å². The second-order valence-corrected chi connectivity index (χ2v) is 15.3. The number of rotatable bonds is 5. The van der Waals surface area contributed by atoms with E-state index in [1.54, 1.807) is 0 Å². The Morgan fingerprint density at radius 3 is 1.67 bits per heavy atom. The van der Waals surface area contributed by atoms with Gasteiger partial charge in [-0.25, -0.2) is 0 Å². The van der Waals surface area contributed by atoms with E-state index in [-0.39, 0.29) is 0 Å². The molecule has 10 rings (SSSR count). The van der Waals surface area contributed by atoms with Crippen molar-refractivity contribution in [2.45, 2.75) is 0 Å². The Labute approximate surface area is 309 Å². The van der Waals surface area contributed by atoms with E-state index >= 15 is 0 Å². The van der Waals surface area contributed by atoms with E-state index in [1.807, 2.05) is 28.7 Å². The van der Waals surface area contributed by atoms with Crippen molar-refractivity contribution in [1.29, 1.82) is 5.26 Å². The van der Waals surface area contributed by atoms with E-state index in [2.05, 4.69) is 176 Å². The van der Waals surface area contributed by atoms with Crippen molar-refractivity contribution in [3.8, 4) is 61.7 Å². The molecule has 1 nitrogen and oxygen atoms in total. The molecule has 10 aromatic rings. The van der Waals surface area contributed by atoms with Gasteiger partial charge in [0.05, 0.1) is 5.56 Å². The van der Waals surface area contributed by atoms with Gasteiger partial charge in [0.15, 0.2) is 0 Å². The third-order valence-electron chi connectivity index (χ3n) is 10.2. The van der Waals surface area contributed by atoms with Crippen molar-refractivity contribution >= 4 is 63.0 Å². The summed E-state index contributed by atoms with van der Waals surface area (Å²) in [5.41, 5.74) is 11.6. The van der Waals surface area contributed by atoms with Gasteiger partial charge in [-0.2, -0.15) is 5.26 Å². The van der Waals surface area contributed by atoms with Crippen LogP contribution in [-0.2, 0) is 0 Å². The maximum absolute atomic E-state index is 11.0. The lowest BCUT2D eigenvalue weighted by Gasteiger charge is -2.17. The van der Waals surface area contributed by atoms with Gasteiger partial charge in [-0.15, -0.1) is 22.7 Å². The van der Waals surface area contributed by atoms with Gasteiger partial charge in [0.2, 0.25) is 0 Å². The van der Waals surface area contributed by atoms with Crippen LogP contribution in [0.15, 0.2) is 176 Å². The molecule has 0 radical (unpaired) electrons. The molecule has 0 aliphatic heterocycles. The Morgan fingerprint density at radius 1 is 0.327 bits per heavy atom. The molecule has 2 heterocycles. The molecule has 0 fully saturated rings. The fourth-order valence-corrected chi connectivity index (χ4v) is 9.98. The first kappa shape index (κ1) is 30.5. The zero-order valence-corrected chi connectivity index (χ0v) is 29.6. The Morgan fingerprint density at radius 2 is 0.885 bits per heavy atom. The predicted octanol–water partition coefficient (Wildman–Crippen LogP) is 14.6.